The number of rotatable bonds is 8. The molecule has 2 aliphatic carbocycles. The van der Waals surface area contributed by atoms with E-state index in [1.165, 1.54) is 18.2 Å². The van der Waals surface area contributed by atoms with Crippen molar-refractivity contribution in [3.8, 4) is 5.75 Å². The molecule has 224 valence electrons. The average molecular weight is 588 g/mol. The quantitative estimate of drug-likeness (QED) is 0.303. The van der Waals surface area contributed by atoms with Gasteiger partial charge in [0.25, 0.3) is 0 Å². The van der Waals surface area contributed by atoms with Gasteiger partial charge in [0.1, 0.15) is 5.76 Å². The van der Waals surface area contributed by atoms with Crippen LogP contribution in [0, 0.1) is 11.7 Å². The van der Waals surface area contributed by atoms with Crippen LogP contribution in [0.3, 0.4) is 0 Å². The number of hydrogen-bond acceptors (Lipinski definition) is 5. The third-order valence-electron chi connectivity index (χ3n) is 7.45. The van der Waals surface area contributed by atoms with E-state index >= 15 is 0 Å². The lowest BCUT2D eigenvalue weighted by atomic mass is 10.0. The van der Waals surface area contributed by atoms with Gasteiger partial charge < -0.3 is 26.0 Å². The number of hydrogen-bond donors (Lipinski definition) is 4. The van der Waals surface area contributed by atoms with Gasteiger partial charge in [-0.2, -0.15) is 13.2 Å². The number of benzene rings is 2. The van der Waals surface area contributed by atoms with Gasteiger partial charge in [-0.3, -0.25) is 9.69 Å². The molecule has 12 heteroatoms. The number of allylic oxidation sites excluding steroid dienone is 1. The summed E-state index contributed by atoms with van der Waals surface area (Å²) in [7, 11) is 0. The van der Waals surface area contributed by atoms with Gasteiger partial charge in [0.2, 0.25) is 5.91 Å². The van der Waals surface area contributed by atoms with Crippen LogP contribution in [0.15, 0.2) is 60.4 Å². The zero-order chi connectivity index (χ0) is 29.9. The molecule has 2 aromatic rings. The number of carbonyl (C=O) groups excluding carboxylic acids is 2. The number of ether oxygens (including phenoxy) is 1. The van der Waals surface area contributed by atoms with Gasteiger partial charge in [-0.1, -0.05) is 6.08 Å². The summed E-state index contributed by atoms with van der Waals surface area (Å²) < 4.78 is 61.5. The predicted molar refractivity (Wildman–Crippen MR) is 150 cm³/mol. The normalized spacial score (nSPS) is 19.9. The van der Waals surface area contributed by atoms with Crippen molar-refractivity contribution in [3.63, 3.8) is 0 Å². The maximum atomic E-state index is 14.9. The molecule has 0 bridgehead atoms. The number of halogens is 4. The number of alkyl halides is 3. The molecule has 1 aliphatic heterocycles. The minimum atomic E-state index is -4.60. The maximum absolute atomic E-state index is 14.9. The molecule has 2 fully saturated rings. The third-order valence-corrected chi connectivity index (χ3v) is 7.45. The van der Waals surface area contributed by atoms with E-state index < -0.39 is 23.6 Å². The number of carbonyl (C=O) groups is 2. The Hall–Kier alpha value is -3.90. The van der Waals surface area contributed by atoms with E-state index in [0.717, 1.165) is 44.1 Å². The number of amides is 3. The summed E-state index contributed by atoms with van der Waals surface area (Å²) in [5.41, 5.74) is -0.388. The molecule has 2 unspecified atom stereocenters. The minimum absolute atomic E-state index is 0.00111. The second-order valence-electron chi connectivity index (χ2n) is 10.7. The predicted octanol–water partition coefficient (Wildman–Crippen LogP) is 5.57. The second kappa shape index (κ2) is 12.5. The van der Waals surface area contributed by atoms with Crippen molar-refractivity contribution in [3.05, 3.63) is 77.3 Å². The van der Waals surface area contributed by atoms with Crippen LogP contribution in [-0.4, -0.2) is 49.1 Å². The van der Waals surface area contributed by atoms with Crippen LogP contribution in [0.5, 0.6) is 5.75 Å². The van der Waals surface area contributed by atoms with Crippen LogP contribution in [0.1, 0.15) is 43.4 Å². The molecular formula is C30H33F4N5O3. The first-order chi connectivity index (χ1) is 20.0. The van der Waals surface area contributed by atoms with Gasteiger partial charge >= 0.3 is 12.2 Å². The van der Waals surface area contributed by atoms with Crippen LogP contribution in [-0.2, 0) is 11.0 Å². The lowest BCUT2D eigenvalue weighted by Gasteiger charge is -2.33. The van der Waals surface area contributed by atoms with Gasteiger partial charge in [-0.05, 0) is 74.2 Å². The summed E-state index contributed by atoms with van der Waals surface area (Å²) >= 11 is 0. The van der Waals surface area contributed by atoms with Crippen LogP contribution in [0.25, 0.3) is 0 Å². The van der Waals surface area contributed by atoms with Crippen LogP contribution < -0.4 is 26.0 Å². The van der Waals surface area contributed by atoms with E-state index in [0.29, 0.717) is 30.8 Å². The van der Waals surface area contributed by atoms with E-state index in [9.17, 15) is 27.2 Å². The lowest BCUT2D eigenvalue weighted by molar-refractivity contribution is -0.137. The topological polar surface area (TPSA) is 94.7 Å². The van der Waals surface area contributed by atoms with Crippen molar-refractivity contribution in [2.24, 2.45) is 5.92 Å². The molecule has 3 aliphatic rings. The van der Waals surface area contributed by atoms with Gasteiger partial charge in [-0.25, -0.2) is 9.18 Å². The van der Waals surface area contributed by atoms with Crippen molar-refractivity contribution >= 4 is 23.3 Å². The summed E-state index contributed by atoms with van der Waals surface area (Å²) in [6.45, 7) is 4.70. The molecule has 4 N–H and O–H groups in total. The van der Waals surface area contributed by atoms with E-state index in [1.54, 1.807) is 12.2 Å². The summed E-state index contributed by atoms with van der Waals surface area (Å²) in [6.07, 6.45) is 3.01. The molecule has 0 aromatic heterocycles. The molecule has 1 saturated heterocycles. The van der Waals surface area contributed by atoms with Crippen LogP contribution in [0.4, 0.5) is 33.7 Å². The number of nitrogens with zero attached hydrogens (tertiary/aromatic N) is 1. The highest BCUT2D eigenvalue weighted by Gasteiger charge is 2.33. The van der Waals surface area contributed by atoms with Crippen molar-refractivity contribution in [1.82, 2.24) is 15.5 Å². The Morgan fingerprint density at radius 2 is 1.79 bits per heavy atom. The highest BCUT2D eigenvalue weighted by atomic mass is 19.4. The summed E-state index contributed by atoms with van der Waals surface area (Å²) in [5, 5.41) is 11.1. The maximum Gasteiger partial charge on any atom is 0.416 e. The highest BCUT2D eigenvalue weighted by Crippen LogP contribution is 2.35. The average Bonchev–Trinajstić information content (AvgIpc) is 3.80. The van der Waals surface area contributed by atoms with Crippen molar-refractivity contribution in [2.75, 3.05) is 36.8 Å². The molecule has 2 aromatic carbocycles. The zero-order valence-electron chi connectivity index (χ0n) is 23.1. The van der Waals surface area contributed by atoms with E-state index in [-0.39, 0.29) is 41.0 Å². The van der Waals surface area contributed by atoms with Gasteiger partial charge in [0.05, 0.1) is 11.6 Å². The van der Waals surface area contributed by atoms with Crippen LogP contribution in [0.2, 0.25) is 0 Å². The first-order valence-corrected chi connectivity index (χ1v) is 14.0. The Morgan fingerprint density at radius 3 is 2.48 bits per heavy atom. The molecule has 42 heavy (non-hydrogen) atoms. The first kappa shape index (κ1) is 29.6. The molecule has 1 heterocycles. The number of piperazine rings is 1. The highest BCUT2D eigenvalue weighted by molar-refractivity contribution is 5.99. The van der Waals surface area contributed by atoms with Crippen molar-refractivity contribution in [1.29, 1.82) is 0 Å². The Morgan fingerprint density at radius 1 is 1.05 bits per heavy atom. The summed E-state index contributed by atoms with van der Waals surface area (Å²) in [4.78, 5) is 26.8. The van der Waals surface area contributed by atoms with Gasteiger partial charge in [-0.15, -0.1) is 0 Å². The molecular weight excluding hydrogens is 554 g/mol. The largest absolute Gasteiger partial charge is 0.455 e. The molecule has 3 amide bonds. The fourth-order valence-corrected chi connectivity index (χ4v) is 4.96. The summed E-state index contributed by atoms with van der Waals surface area (Å²) in [5.74, 6) is -0.399. The molecule has 0 spiro atoms. The number of urea groups is 1. The zero-order valence-corrected chi connectivity index (χ0v) is 23.1. The third kappa shape index (κ3) is 7.68. The SMILES string of the molecule is CC(c1cc(NC(=O)Nc2ccc(OC3=CC(NC(=O)C4CC4)CC=C3)c(F)c2)cc(C(F)(F)F)c1)N1CCNCC1. The minimum Gasteiger partial charge on any atom is -0.455 e. The second-order valence-corrected chi connectivity index (χ2v) is 10.7. The van der Waals surface area contributed by atoms with E-state index in [1.807, 2.05) is 13.0 Å². The monoisotopic (exact) mass is 587 g/mol. The molecule has 5 rings (SSSR count). The number of anilines is 2. The smallest absolute Gasteiger partial charge is 0.416 e. The van der Waals surface area contributed by atoms with Gasteiger partial charge in [0.15, 0.2) is 11.6 Å². The van der Waals surface area contributed by atoms with Crippen molar-refractivity contribution < 1.29 is 31.9 Å². The standard InChI is InChI=1S/C30H33F4N5O3/c1-18(39-11-9-35-10-12-39)20-13-21(30(32,33)34)15-24(14-20)38-29(41)37-23-7-8-27(26(31)17-23)42-25-4-2-3-22(16-25)36-28(40)19-5-6-19/h2,4,7-8,13-19,22,35H,3,5-6,9-12H2,1H3,(H,36,40)(H2,37,38,41). The van der Waals surface area contributed by atoms with Gasteiger partial charge in [0, 0.05) is 55.6 Å². The van der Waals surface area contributed by atoms with E-state index in [2.05, 4.69) is 26.2 Å². The lowest BCUT2D eigenvalue weighted by Crippen LogP contribution is -2.44. The fraction of sp³-hybridized carbons (Fsp3) is 0.400. The Kier molecular flexibility index (Phi) is 8.83. The van der Waals surface area contributed by atoms with E-state index in [4.69, 9.17) is 4.74 Å². The van der Waals surface area contributed by atoms with Crippen molar-refractivity contribution in [2.45, 2.75) is 44.4 Å². The molecule has 1 saturated carbocycles. The number of nitrogens with one attached hydrogen (secondary N) is 4. The molecule has 0 radical (unpaired) electrons. The molecule has 8 nitrogen and oxygen atoms in total. The fourth-order valence-electron chi connectivity index (χ4n) is 4.96. The Labute approximate surface area is 241 Å². The Balaban J connectivity index is 1.23. The first-order valence-electron chi connectivity index (χ1n) is 14.0. The molecule has 2 atom stereocenters. The summed E-state index contributed by atoms with van der Waals surface area (Å²) in [6, 6.07) is 5.94. The van der Waals surface area contributed by atoms with Crippen LogP contribution >= 0.6 is 0 Å². The Bertz CT molecular complexity index is 1380.